The molecular formula is C20H21N3O2S. The standard InChI is InChI=1S/C20H21N3O2S/c1-3-15-6-4-5-7-18(15)22-19(24)14-26-20-21-12-13-23(20)16-8-10-17(25-2)11-9-16/h4-13H,3,14H2,1-2H3,(H,22,24). The van der Waals surface area contributed by atoms with E-state index in [0.717, 1.165) is 34.3 Å². The maximum absolute atomic E-state index is 12.3. The summed E-state index contributed by atoms with van der Waals surface area (Å²) in [6, 6.07) is 15.6. The largest absolute Gasteiger partial charge is 0.497 e. The molecule has 3 aromatic rings. The molecule has 1 aromatic heterocycles. The summed E-state index contributed by atoms with van der Waals surface area (Å²) in [7, 11) is 1.64. The van der Waals surface area contributed by atoms with Crippen molar-refractivity contribution in [3.8, 4) is 11.4 Å². The lowest BCUT2D eigenvalue weighted by Crippen LogP contribution is -2.15. The number of amides is 1. The van der Waals surface area contributed by atoms with Crippen molar-refractivity contribution >= 4 is 23.4 Å². The van der Waals surface area contributed by atoms with Gasteiger partial charge in [-0.25, -0.2) is 4.98 Å². The average molecular weight is 367 g/mol. The third kappa shape index (κ3) is 4.26. The quantitative estimate of drug-likeness (QED) is 0.637. The number of aromatic nitrogens is 2. The zero-order valence-electron chi connectivity index (χ0n) is 14.8. The lowest BCUT2D eigenvalue weighted by molar-refractivity contribution is -0.113. The predicted octanol–water partition coefficient (Wildman–Crippen LogP) is 4.17. The Balaban J connectivity index is 1.65. The number of hydrogen-bond donors (Lipinski definition) is 1. The van der Waals surface area contributed by atoms with Crippen LogP contribution in [0, 0.1) is 0 Å². The van der Waals surface area contributed by atoms with Gasteiger partial charge in [-0.3, -0.25) is 9.36 Å². The minimum absolute atomic E-state index is 0.0415. The fourth-order valence-electron chi connectivity index (χ4n) is 2.60. The van der Waals surface area contributed by atoms with Crippen molar-refractivity contribution in [2.24, 2.45) is 0 Å². The normalized spacial score (nSPS) is 10.5. The van der Waals surface area contributed by atoms with E-state index >= 15 is 0 Å². The molecule has 26 heavy (non-hydrogen) atoms. The van der Waals surface area contributed by atoms with E-state index in [1.807, 2.05) is 59.3 Å². The van der Waals surface area contributed by atoms with Crippen molar-refractivity contribution in [2.75, 3.05) is 18.2 Å². The number of aryl methyl sites for hydroxylation is 1. The third-order valence-electron chi connectivity index (χ3n) is 3.96. The predicted molar refractivity (Wildman–Crippen MR) is 105 cm³/mol. The van der Waals surface area contributed by atoms with Crippen molar-refractivity contribution in [1.29, 1.82) is 0 Å². The molecule has 0 spiro atoms. The lowest BCUT2D eigenvalue weighted by Gasteiger charge is -2.10. The van der Waals surface area contributed by atoms with E-state index in [-0.39, 0.29) is 5.91 Å². The zero-order valence-corrected chi connectivity index (χ0v) is 15.6. The molecular weight excluding hydrogens is 346 g/mol. The number of imidazole rings is 1. The number of para-hydroxylation sites is 1. The summed E-state index contributed by atoms with van der Waals surface area (Å²) < 4.78 is 7.14. The molecule has 0 aliphatic rings. The maximum atomic E-state index is 12.3. The molecule has 134 valence electrons. The molecule has 0 unspecified atom stereocenters. The first kappa shape index (κ1) is 18.1. The zero-order chi connectivity index (χ0) is 18.4. The Morgan fingerprint density at radius 1 is 1.19 bits per heavy atom. The summed E-state index contributed by atoms with van der Waals surface area (Å²) in [5.74, 6) is 1.06. The van der Waals surface area contributed by atoms with Gasteiger partial charge in [0.25, 0.3) is 0 Å². The topological polar surface area (TPSA) is 56.2 Å². The van der Waals surface area contributed by atoms with Crippen LogP contribution in [0.5, 0.6) is 5.75 Å². The van der Waals surface area contributed by atoms with Crippen LogP contribution in [0.25, 0.3) is 5.69 Å². The van der Waals surface area contributed by atoms with Gasteiger partial charge in [0.1, 0.15) is 5.75 Å². The van der Waals surface area contributed by atoms with Gasteiger partial charge in [0.2, 0.25) is 5.91 Å². The van der Waals surface area contributed by atoms with Crippen LogP contribution in [0.3, 0.4) is 0 Å². The first-order valence-corrected chi connectivity index (χ1v) is 9.38. The van der Waals surface area contributed by atoms with Crippen LogP contribution in [0.2, 0.25) is 0 Å². The molecule has 6 heteroatoms. The first-order valence-electron chi connectivity index (χ1n) is 8.39. The van der Waals surface area contributed by atoms with Gasteiger partial charge in [0.15, 0.2) is 5.16 Å². The highest BCUT2D eigenvalue weighted by molar-refractivity contribution is 7.99. The van der Waals surface area contributed by atoms with Crippen LogP contribution in [0.4, 0.5) is 5.69 Å². The van der Waals surface area contributed by atoms with E-state index in [0.29, 0.717) is 5.75 Å². The average Bonchev–Trinajstić information content (AvgIpc) is 3.15. The SMILES string of the molecule is CCc1ccccc1NC(=O)CSc1nccn1-c1ccc(OC)cc1. The molecule has 1 amide bonds. The van der Waals surface area contributed by atoms with Gasteiger partial charge in [0, 0.05) is 23.8 Å². The Morgan fingerprint density at radius 3 is 2.69 bits per heavy atom. The van der Waals surface area contributed by atoms with Gasteiger partial charge in [-0.15, -0.1) is 0 Å². The van der Waals surface area contributed by atoms with Crippen LogP contribution in [-0.4, -0.2) is 28.3 Å². The smallest absolute Gasteiger partial charge is 0.234 e. The number of nitrogens with one attached hydrogen (secondary N) is 1. The van der Waals surface area contributed by atoms with E-state index in [1.165, 1.54) is 11.8 Å². The number of benzene rings is 2. The first-order chi connectivity index (χ1) is 12.7. The maximum Gasteiger partial charge on any atom is 0.234 e. The van der Waals surface area contributed by atoms with Crippen LogP contribution in [-0.2, 0) is 11.2 Å². The number of ether oxygens (including phenoxy) is 1. The molecule has 0 bridgehead atoms. The molecule has 5 nitrogen and oxygen atoms in total. The van der Waals surface area contributed by atoms with E-state index in [9.17, 15) is 4.79 Å². The summed E-state index contributed by atoms with van der Waals surface area (Å²) in [5, 5.41) is 3.76. The Morgan fingerprint density at radius 2 is 1.96 bits per heavy atom. The molecule has 0 aliphatic heterocycles. The molecule has 2 aromatic carbocycles. The third-order valence-corrected chi connectivity index (χ3v) is 4.93. The van der Waals surface area contributed by atoms with Crippen molar-refractivity contribution in [1.82, 2.24) is 9.55 Å². The van der Waals surface area contributed by atoms with Gasteiger partial charge in [-0.05, 0) is 42.3 Å². The second-order valence-corrected chi connectivity index (χ2v) is 6.57. The number of nitrogens with zero attached hydrogens (tertiary/aromatic N) is 2. The van der Waals surface area contributed by atoms with Crippen molar-refractivity contribution < 1.29 is 9.53 Å². The van der Waals surface area contributed by atoms with Crippen molar-refractivity contribution in [3.63, 3.8) is 0 Å². The van der Waals surface area contributed by atoms with Crippen LogP contribution >= 0.6 is 11.8 Å². The van der Waals surface area contributed by atoms with Gasteiger partial charge in [-0.2, -0.15) is 0 Å². The number of carbonyl (C=O) groups is 1. The van der Waals surface area contributed by atoms with Gasteiger partial charge >= 0.3 is 0 Å². The molecule has 1 N–H and O–H groups in total. The van der Waals surface area contributed by atoms with Crippen molar-refractivity contribution in [3.05, 3.63) is 66.5 Å². The fraction of sp³-hybridized carbons (Fsp3) is 0.200. The molecule has 3 rings (SSSR count). The van der Waals surface area contributed by atoms with E-state index in [4.69, 9.17) is 4.74 Å². The molecule has 0 saturated heterocycles. The number of hydrogen-bond acceptors (Lipinski definition) is 4. The Labute approximate surface area is 157 Å². The number of anilines is 1. The Kier molecular flexibility index (Phi) is 5.96. The molecule has 0 atom stereocenters. The summed E-state index contributed by atoms with van der Waals surface area (Å²) in [5.41, 5.74) is 2.98. The number of rotatable bonds is 7. The van der Waals surface area contributed by atoms with E-state index in [1.54, 1.807) is 13.3 Å². The van der Waals surface area contributed by atoms with Gasteiger partial charge in [0.05, 0.1) is 12.9 Å². The fourth-order valence-corrected chi connectivity index (χ4v) is 3.38. The second-order valence-electron chi connectivity index (χ2n) is 5.63. The number of thioether (sulfide) groups is 1. The van der Waals surface area contributed by atoms with E-state index in [2.05, 4.69) is 17.2 Å². The molecule has 1 heterocycles. The molecule has 0 aliphatic carbocycles. The highest BCUT2D eigenvalue weighted by atomic mass is 32.2. The van der Waals surface area contributed by atoms with Crippen molar-refractivity contribution in [2.45, 2.75) is 18.5 Å². The van der Waals surface area contributed by atoms with Gasteiger partial charge in [-0.1, -0.05) is 36.9 Å². The summed E-state index contributed by atoms with van der Waals surface area (Å²) >= 11 is 1.41. The van der Waals surface area contributed by atoms with E-state index < -0.39 is 0 Å². The molecule has 0 saturated carbocycles. The van der Waals surface area contributed by atoms with Gasteiger partial charge < -0.3 is 10.1 Å². The molecule has 0 fully saturated rings. The van der Waals surface area contributed by atoms with Crippen LogP contribution in [0.15, 0.2) is 66.1 Å². The highest BCUT2D eigenvalue weighted by Gasteiger charge is 2.10. The minimum atomic E-state index is -0.0415. The molecule has 0 radical (unpaired) electrons. The monoisotopic (exact) mass is 367 g/mol. The van der Waals surface area contributed by atoms with Crippen LogP contribution < -0.4 is 10.1 Å². The highest BCUT2D eigenvalue weighted by Crippen LogP contribution is 2.23. The summed E-state index contributed by atoms with van der Waals surface area (Å²) in [6.07, 6.45) is 4.50. The number of carbonyl (C=O) groups excluding carboxylic acids is 1. The second kappa shape index (κ2) is 8.58. The number of methoxy groups -OCH3 is 1. The minimum Gasteiger partial charge on any atom is -0.497 e. The lowest BCUT2D eigenvalue weighted by atomic mass is 10.1. The Bertz CT molecular complexity index is 875. The van der Waals surface area contributed by atoms with Crippen LogP contribution in [0.1, 0.15) is 12.5 Å². The summed E-state index contributed by atoms with van der Waals surface area (Å²) in [6.45, 7) is 2.07. The summed E-state index contributed by atoms with van der Waals surface area (Å²) in [4.78, 5) is 16.7. The Hall–Kier alpha value is -2.73.